The van der Waals surface area contributed by atoms with Crippen molar-refractivity contribution in [2.24, 2.45) is 0 Å². The molecule has 3 heteroatoms. The molecule has 1 aliphatic carbocycles. The molecule has 0 heterocycles. The number of urea groups is 1. The van der Waals surface area contributed by atoms with Gasteiger partial charge >= 0.3 is 6.03 Å². The fourth-order valence-corrected chi connectivity index (χ4v) is 2.56. The van der Waals surface area contributed by atoms with Crippen LogP contribution in [0.1, 0.15) is 43.2 Å². The maximum Gasteiger partial charge on any atom is 0.318 e. The topological polar surface area (TPSA) is 41.1 Å². The van der Waals surface area contributed by atoms with Gasteiger partial charge in [-0.1, -0.05) is 41.8 Å². The second-order valence-electron chi connectivity index (χ2n) is 5.50. The lowest BCUT2D eigenvalue weighted by Crippen LogP contribution is -2.33. The molecule has 2 N–H and O–H groups in total. The zero-order chi connectivity index (χ0) is 14.2. The van der Waals surface area contributed by atoms with Crippen molar-refractivity contribution in [3.8, 4) is 0 Å². The number of hydrogen-bond acceptors (Lipinski definition) is 1. The summed E-state index contributed by atoms with van der Waals surface area (Å²) in [5.41, 5.74) is 3.88. The van der Waals surface area contributed by atoms with Gasteiger partial charge < -0.3 is 10.6 Å². The molecule has 0 aliphatic heterocycles. The Morgan fingerprint density at radius 3 is 2.80 bits per heavy atom. The van der Waals surface area contributed by atoms with Crippen LogP contribution >= 0.6 is 0 Å². The average molecular weight is 272 g/mol. The van der Waals surface area contributed by atoms with Gasteiger partial charge in [-0.15, -0.1) is 0 Å². The van der Waals surface area contributed by atoms with E-state index in [1.165, 1.54) is 36.0 Å². The number of aryl methyl sites for hydroxylation is 1. The van der Waals surface area contributed by atoms with E-state index in [4.69, 9.17) is 0 Å². The van der Waals surface area contributed by atoms with Crippen LogP contribution in [-0.2, 0) is 6.42 Å². The number of benzene rings is 1. The van der Waals surface area contributed by atoms with E-state index in [1.807, 2.05) is 6.20 Å². The Morgan fingerprint density at radius 1 is 1.25 bits per heavy atom. The Kier molecular flexibility index (Phi) is 5.66. The first-order valence-electron chi connectivity index (χ1n) is 7.52. The first-order valence-corrected chi connectivity index (χ1v) is 7.52. The molecule has 1 saturated carbocycles. The van der Waals surface area contributed by atoms with Gasteiger partial charge in [-0.05, 0) is 44.6 Å². The molecule has 20 heavy (non-hydrogen) atoms. The van der Waals surface area contributed by atoms with Crippen LogP contribution in [0.2, 0.25) is 0 Å². The van der Waals surface area contributed by atoms with E-state index in [0.717, 1.165) is 19.3 Å². The zero-order valence-electron chi connectivity index (χ0n) is 12.2. The first-order chi connectivity index (χ1) is 9.74. The number of carbonyl (C=O) groups is 1. The largest absolute Gasteiger partial charge is 0.338 e. The molecule has 0 spiro atoms. The van der Waals surface area contributed by atoms with E-state index in [2.05, 4.69) is 41.8 Å². The molecular weight excluding hydrogens is 248 g/mol. The van der Waals surface area contributed by atoms with Crippen molar-refractivity contribution in [1.29, 1.82) is 0 Å². The first kappa shape index (κ1) is 14.6. The van der Waals surface area contributed by atoms with Gasteiger partial charge in [-0.2, -0.15) is 0 Å². The maximum atomic E-state index is 11.7. The molecule has 2 amide bonds. The summed E-state index contributed by atoms with van der Waals surface area (Å²) in [5, 5.41) is 5.73. The van der Waals surface area contributed by atoms with Gasteiger partial charge in [0.25, 0.3) is 0 Å². The summed E-state index contributed by atoms with van der Waals surface area (Å²) < 4.78 is 0. The molecule has 0 bridgehead atoms. The minimum Gasteiger partial charge on any atom is -0.338 e. The zero-order valence-corrected chi connectivity index (χ0v) is 12.2. The summed E-state index contributed by atoms with van der Waals surface area (Å²) in [5.74, 6) is 0. The van der Waals surface area contributed by atoms with Crippen LogP contribution in [0.4, 0.5) is 4.79 Å². The maximum absolute atomic E-state index is 11.7. The molecule has 1 fully saturated rings. The molecular formula is C17H24N2O. The van der Waals surface area contributed by atoms with Gasteiger partial charge in [-0.3, -0.25) is 0 Å². The number of rotatable bonds is 4. The van der Waals surface area contributed by atoms with Gasteiger partial charge in [0.1, 0.15) is 0 Å². The van der Waals surface area contributed by atoms with E-state index in [-0.39, 0.29) is 6.03 Å². The average Bonchev–Trinajstić information content (AvgIpc) is 2.46. The van der Waals surface area contributed by atoms with Crippen LogP contribution in [0.5, 0.6) is 0 Å². The minimum atomic E-state index is -0.101. The molecule has 0 atom stereocenters. The number of carbonyl (C=O) groups excluding carboxylic acids is 1. The highest BCUT2D eigenvalue weighted by Gasteiger charge is 2.05. The molecule has 0 saturated heterocycles. The number of amides is 2. The van der Waals surface area contributed by atoms with Crippen molar-refractivity contribution < 1.29 is 4.79 Å². The molecule has 1 aromatic carbocycles. The highest BCUT2D eigenvalue weighted by atomic mass is 16.2. The fourth-order valence-electron chi connectivity index (χ4n) is 2.56. The summed E-state index contributed by atoms with van der Waals surface area (Å²) >= 11 is 0. The fraction of sp³-hybridized carbons (Fsp3) is 0.471. The highest BCUT2D eigenvalue weighted by Crippen LogP contribution is 2.21. The standard InChI is InChI=1S/C17H24N2O/c1-14-6-5-9-15(12-14)10-11-18-17(20)19-13-16-7-3-2-4-8-16/h5-6,9,12-13H,2-4,7-8,10-11H2,1H3,(H2,18,19,20). The Balaban J connectivity index is 1.67. The van der Waals surface area contributed by atoms with Crippen molar-refractivity contribution in [2.75, 3.05) is 6.54 Å². The lowest BCUT2D eigenvalue weighted by molar-refractivity contribution is 0.244. The van der Waals surface area contributed by atoms with Crippen LogP contribution in [0.3, 0.4) is 0 Å². The lowest BCUT2D eigenvalue weighted by Gasteiger charge is -2.13. The van der Waals surface area contributed by atoms with E-state index in [0.29, 0.717) is 6.54 Å². The van der Waals surface area contributed by atoms with Gasteiger partial charge in [0.2, 0.25) is 0 Å². The van der Waals surface area contributed by atoms with Crippen molar-refractivity contribution in [1.82, 2.24) is 10.6 Å². The van der Waals surface area contributed by atoms with Crippen LogP contribution < -0.4 is 10.6 Å². The molecule has 0 aromatic heterocycles. The second-order valence-corrected chi connectivity index (χ2v) is 5.50. The third-order valence-corrected chi connectivity index (χ3v) is 3.68. The Labute approximate surface area is 121 Å². The number of hydrogen-bond donors (Lipinski definition) is 2. The van der Waals surface area contributed by atoms with Gasteiger partial charge in [-0.25, -0.2) is 4.79 Å². The molecule has 0 unspecified atom stereocenters. The van der Waals surface area contributed by atoms with Crippen LogP contribution in [0, 0.1) is 6.92 Å². The molecule has 0 radical (unpaired) electrons. The van der Waals surface area contributed by atoms with Crippen molar-refractivity contribution in [3.63, 3.8) is 0 Å². The minimum absolute atomic E-state index is 0.101. The van der Waals surface area contributed by atoms with Crippen LogP contribution in [0.25, 0.3) is 0 Å². The van der Waals surface area contributed by atoms with E-state index in [1.54, 1.807) is 0 Å². The van der Waals surface area contributed by atoms with Crippen molar-refractivity contribution in [3.05, 3.63) is 47.2 Å². The van der Waals surface area contributed by atoms with Crippen molar-refractivity contribution in [2.45, 2.75) is 45.4 Å². The number of allylic oxidation sites excluding steroid dienone is 1. The molecule has 3 nitrogen and oxygen atoms in total. The quantitative estimate of drug-likeness (QED) is 0.862. The van der Waals surface area contributed by atoms with Gasteiger partial charge in [0.15, 0.2) is 0 Å². The lowest BCUT2D eigenvalue weighted by atomic mass is 9.96. The summed E-state index contributed by atoms with van der Waals surface area (Å²) in [7, 11) is 0. The predicted octanol–water partition coefficient (Wildman–Crippen LogP) is 3.68. The summed E-state index contributed by atoms with van der Waals surface area (Å²) in [6.45, 7) is 2.75. The normalized spacial score (nSPS) is 14.8. The molecule has 108 valence electrons. The predicted molar refractivity (Wildman–Crippen MR) is 82.6 cm³/mol. The number of nitrogens with one attached hydrogen (secondary N) is 2. The van der Waals surface area contributed by atoms with E-state index >= 15 is 0 Å². The van der Waals surface area contributed by atoms with E-state index < -0.39 is 0 Å². The van der Waals surface area contributed by atoms with Gasteiger partial charge in [0, 0.05) is 12.7 Å². The highest BCUT2D eigenvalue weighted by molar-refractivity contribution is 5.74. The molecule has 1 aliphatic rings. The summed E-state index contributed by atoms with van der Waals surface area (Å²) in [4.78, 5) is 11.7. The molecule has 1 aromatic rings. The van der Waals surface area contributed by atoms with Crippen LogP contribution in [0.15, 0.2) is 36.0 Å². The van der Waals surface area contributed by atoms with Crippen LogP contribution in [-0.4, -0.2) is 12.6 Å². The van der Waals surface area contributed by atoms with Gasteiger partial charge in [0.05, 0.1) is 0 Å². The third kappa shape index (κ3) is 5.08. The second kappa shape index (κ2) is 7.73. The Bertz CT molecular complexity index is 472. The smallest absolute Gasteiger partial charge is 0.318 e. The van der Waals surface area contributed by atoms with E-state index in [9.17, 15) is 4.79 Å². The molecule has 2 rings (SSSR count). The summed E-state index contributed by atoms with van der Waals surface area (Å²) in [6, 6.07) is 8.29. The Morgan fingerprint density at radius 2 is 2.05 bits per heavy atom. The third-order valence-electron chi connectivity index (χ3n) is 3.68. The monoisotopic (exact) mass is 272 g/mol. The SMILES string of the molecule is Cc1cccc(CCNC(=O)NC=C2CCCCC2)c1. The van der Waals surface area contributed by atoms with Crippen molar-refractivity contribution >= 4 is 6.03 Å². The summed E-state index contributed by atoms with van der Waals surface area (Å²) in [6.07, 6.45) is 8.84. The Hall–Kier alpha value is -1.77.